The molecule has 0 bridgehead atoms. The summed E-state index contributed by atoms with van der Waals surface area (Å²) >= 11 is 1.02. The van der Waals surface area contributed by atoms with Gasteiger partial charge in [-0.3, -0.25) is 9.36 Å². The van der Waals surface area contributed by atoms with Crippen LogP contribution in [0.15, 0.2) is 34.2 Å². The number of aromatic nitrogens is 3. The van der Waals surface area contributed by atoms with Gasteiger partial charge in [0, 0.05) is 6.54 Å². The highest BCUT2D eigenvalue weighted by molar-refractivity contribution is 7.99. The number of carbonyl (C=O) groups is 1. The molecule has 0 spiro atoms. The van der Waals surface area contributed by atoms with Crippen molar-refractivity contribution in [2.24, 2.45) is 0 Å². The van der Waals surface area contributed by atoms with E-state index in [0.717, 1.165) is 23.1 Å². The highest BCUT2D eigenvalue weighted by Gasteiger charge is 2.10. The number of methoxy groups -OCH3 is 1. The van der Waals surface area contributed by atoms with E-state index in [-0.39, 0.29) is 11.4 Å². The van der Waals surface area contributed by atoms with Crippen LogP contribution in [0.5, 0.6) is 5.75 Å². The Labute approximate surface area is 124 Å². The van der Waals surface area contributed by atoms with Crippen LogP contribution >= 0.6 is 11.8 Å². The number of aromatic amines is 1. The van der Waals surface area contributed by atoms with Gasteiger partial charge in [-0.1, -0.05) is 23.9 Å². The molecule has 21 heavy (non-hydrogen) atoms. The van der Waals surface area contributed by atoms with Gasteiger partial charge in [-0.05, 0) is 24.1 Å². The Hall–Kier alpha value is -2.22. The van der Waals surface area contributed by atoms with E-state index in [1.54, 1.807) is 7.11 Å². The molecule has 2 aromatic rings. The van der Waals surface area contributed by atoms with Gasteiger partial charge in [-0.2, -0.15) is 0 Å². The molecule has 7 nitrogen and oxygen atoms in total. The van der Waals surface area contributed by atoms with Crippen LogP contribution in [0.1, 0.15) is 5.56 Å². The second-order valence-electron chi connectivity index (χ2n) is 4.25. The van der Waals surface area contributed by atoms with Gasteiger partial charge in [0.25, 0.3) is 0 Å². The zero-order valence-corrected chi connectivity index (χ0v) is 12.2. The van der Waals surface area contributed by atoms with Gasteiger partial charge in [-0.25, -0.2) is 9.89 Å². The number of carboxylic acids is 1. The molecule has 112 valence electrons. The average Bonchev–Trinajstić information content (AvgIpc) is 2.83. The van der Waals surface area contributed by atoms with Crippen LogP contribution < -0.4 is 10.4 Å². The Morgan fingerprint density at radius 3 is 3.05 bits per heavy atom. The lowest BCUT2D eigenvalue weighted by Gasteiger charge is -2.06. The molecule has 0 fully saturated rings. The molecule has 0 saturated heterocycles. The van der Waals surface area contributed by atoms with Crippen molar-refractivity contribution >= 4 is 17.7 Å². The predicted molar refractivity (Wildman–Crippen MR) is 77.9 cm³/mol. The minimum absolute atomic E-state index is 0.135. The summed E-state index contributed by atoms with van der Waals surface area (Å²) in [6.45, 7) is 0.421. The molecule has 2 rings (SSSR count). The molecular formula is C13H15N3O4S. The van der Waals surface area contributed by atoms with Crippen LogP contribution in [-0.4, -0.2) is 38.7 Å². The third kappa shape index (κ3) is 4.12. The molecule has 0 aliphatic carbocycles. The maximum Gasteiger partial charge on any atom is 0.343 e. The van der Waals surface area contributed by atoms with Crippen molar-refractivity contribution in [1.82, 2.24) is 14.8 Å². The fraction of sp³-hybridized carbons (Fsp3) is 0.308. The topological polar surface area (TPSA) is 97.2 Å². The van der Waals surface area contributed by atoms with Gasteiger partial charge in [0.15, 0.2) is 5.16 Å². The van der Waals surface area contributed by atoms with E-state index in [4.69, 9.17) is 9.84 Å². The smallest absolute Gasteiger partial charge is 0.343 e. The quantitative estimate of drug-likeness (QED) is 0.741. The fourth-order valence-corrected chi connectivity index (χ4v) is 2.50. The van der Waals surface area contributed by atoms with Gasteiger partial charge in [0.05, 0.1) is 12.9 Å². The van der Waals surface area contributed by atoms with E-state index >= 15 is 0 Å². The van der Waals surface area contributed by atoms with Crippen molar-refractivity contribution in [3.05, 3.63) is 40.3 Å². The van der Waals surface area contributed by atoms with Crippen molar-refractivity contribution in [2.45, 2.75) is 18.1 Å². The number of hydrogen-bond acceptors (Lipinski definition) is 5. The zero-order chi connectivity index (χ0) is 15.2. The first-order valence-electron chi connectivity index (χ1n) is 6.23. The molecule has 1 heterocycles. The molecule has 0 atom stereocenters. The number of nitrogens with zero attached hydrogens (tertiary/aromatic N) is 2. The molecular weight excluding hydrogens is 294 g/mol. The van der Waals surface area contributed by atoms with Gasteiger partial charge in [0.2, 0.25) is 0 Å². The first kappa shape index (κ1) is 15.2. The Morgan fingerprint density at radius 2 is 2.33 bits per heavy atom. The van der Waals surface area contributed by atoms with Gasteiger partial charge in [-0.15, -0.1) is 5.10 Å². The first-order valence-corrected chi connectivity index (χ1v) is 7.21. The van der Waals surface area contributed by atoms with Crippen LogP contribution in [0.3, 0.4) is 0 Å². The summed E-state index contributed by atoms with van der Waals surface area (Å²) in [5.41, 5.74) is 0.683. The van der Waals surface area contributed by atoms with E-state index in [2.05, 4.69) is 10.2 Å². The number of H-pyrrole nitrogens is 1. The van der Waals surface area contributed by atoms with E-state index < -0.39 is 5.97 Å². The standard InChI is InChI=1S/C13H15N3O4S/c1-20-10-4-2-3-9(7-10)5-6-16-12(19)14-15-13(16)21-8-11(17)18/h2-4,7H,5-6,8H2,1H3,(H,14,19)(H,17,18). The van der Waals surface area contributed by atoms with Crippen LogP contribution in [0.4, 0.5) is 0 Å². The Balaban J connectivity index is 2.07. The van der Waals surface area contributed by atoms with Crippen LogP contribution in [-0.2, 0) is 17.8 Å². The summed E-state index contributed by atoms with van der Waals surface area (Å²) in [5, 5.41) is 15.2. The number of benzene rings is 1. The van der Waals surface area contributed by atoms with Crippen molar-refractivity contribution in [3.8, 4) is 5.75 Å². The van der Waals surface area contributed by atoms with Gasteiger partial charge >= 0.3 is 11.7 Å². The van der Waals surface area contributed by atoms with Crippen LogP contribution in [0.2, 0.25) is 0 Å². The minimum Gasteiger partial charge on any atom is -0.497 e. The molecule has 8 heteroatoms. The molecule has 0 unspecified atom stereocenters. The monoisotopic (exact) mass is 309 g/mol. The largest absolute Gasteiger partial charge is 0.497 e. The Bertz CT molecular complexity index is 680. The average molecular weight is 309 g/mol. The van der Waals surface area contributed by atoms with Crippen molar-refractivity contribution in [3.63, 3.8) is 0 Å². The van der Waals surface area contributed by atoms with Crippen molar-refractivity contribution in [2.75, 3.05) is 12.9 Å². The number of hydrogen-bond donors (Lipinski definition) is 2. The normalized spacial score (nSPS) is 10.5. The van der Waals surface area contributed by atoms with Gasteiger partial charge in [0.1, 0.15) is 5.75 Å². The fourth-order valence-electron chi connectivity index (χ4n) is 1.81. The molecule has 1 aromatic heterocycles. The molecule has 0 aliphatic heterocycles. The highest BCUT2D eigenvalue weighted by Crippen LogP contribution is 2.16. The number of ether oxygens (including phenoxy) is 1. The van der Waals surface area contributed by atoms with E-state index in [1.807, 2.05) is 24.3 Å². The number of aliphatic carboxylic acids is 1. The number of aryl methyl sites for hydroxylation is 1. The molecule has 0 saturated carbocycles. The van der Waals surface area contributed by atoms with Crippen LogP contribution in [0, 0.1) is 0 Å². The van der Waals surface area contributed by atoms with Crippen molar-refractivity contribution in [1.29, 1.82) is 0 Å². The Kier molecular flexibility index (Phi) is 5.04. The summed E-state index contributed by atoms with van der Waals surface area (Å²) in [6.07, 6.45) is 0.622. The molecule has 0 aliphatic rings. The third-order valence-electron chi connectivity index (χ3n) is 2.81. The summed E-state index contributed by atoms with van der Waals surface area (Å²) in [4.78, 5) is 22.3. The molecule has 2 N–H and O–H groups in total. The van der Waals surface area contributed by atoms with Gasteiger partial charge < -0.3 is 9.84 Å². The number of rotatable bonds is 7. The molecule has 0 radical (unpaired) electrons. The summed E-state index contributed by atoms with van der Waals surface area (Å²) < 4.78 is 6.59. The predicted octanol–water partition coefficient (Wildman–Crippen LogP) is 0.999. The highest BCUT2D eigenvalue weighted by atomic mass is 32.2. The summed E-state index contributed by atoms with van der Waals surface area (Å²) in [7, 11) is 1.60. The minimum atomic E-state index is -0.949. The van der Waals surface area contributed by atoms with E-state index in [1.165, 1.54) is 4.57 Å². The molecule has 1 aromatic carbocycles. The van der Waals surface area contributed by atoms with E-state index in [0.29, 0.717) is 18.1 Å². The lowest BCUT2D eigenvalue weighted by Crippen LogP contribution is -2.19. The SMILES string of the molecule is COc1cccc(CCn2c(SCC(=O)O)n[nH]c2=O)c1. The second-order valence-corrected chi connectivity index (χ2v) is 5.19. The number of thioether (sulfide) groups is 1. The first-order chi connectivity index (χ1) is 10.1. The van der Waals surface area contributed by atoms with Crippen molar-refractivity contribution < 1.29 is 14.6 Å². The summed E-state index contributed by atoms with van der Waals surface area (Å²) in [6, 6.07) is 7.57. The zero-order valence-electron chi connectivity index (χ0n) is 11.4. The maximum atomic E-state index is 11.7. The second kappa shape index (κ2) is 6.98. The number of nitrogens with one attached hydrogen (secondary N) is 1. The Morgan fingerprint density at radius 1 is 1.52 bits per heavy atom. The third-order valence-corrected chi connectivity index (χ3v) is 3.77. The van der Waals surface area contributed by atoms with E-state index in [9.17, 15) is 9.59 Å². The van der Waals surface area contributed by atoms with Crippen LogP contribution in [0.25, 0.3) is 0 Å². The lowest BCUT2D eigenvalue weighted by molar-refractivity contribution is -0.133. The molecule has 0 amide bonds. The maximum absolute atomic E-state index is 11.7. The lowest BCUT2D eigenvalue weighted by atomic mass is 10.1. The number of carboxylic acid groups (broad SMARTS) is 1. The summed E-state index contributed by atoms with van der Waals surface area (Å²) in [5.74, 6) is -0.328.